The Labute approximate surface area is 134 Å². The van der Waals surface area contributed by atoms with Gasteiger partial charge in [-0.2, -0.15) is 0 Å². The third-order valence-corrected chi connectivity index (χ3v) is 3.60. The van der Waals surface area contributed by atoms with E-state index >= 15 is 0 Å². The minimum absolute atomic E-state index is 1.27. The van der Waals surface area contributed by atoms with Gasteiger partial charge in [0.2, 0.25) is 0 Å². The van der Waals surface area contributed by atoms with Crippen LogP contribution in [-0.2, 0) is 0 Å². The molecule has 0 saturated carbocycles. The van der Waals surface area contributed by atoms with Gasteiger partial charge >= 0.3 is 0 Å². The van der Waals surface area contributed by atoms with Crippen molar-refractivity contribution in [2.45, 2.75) is 27.7 Å². The summed E-state index contributed by atoms with van der Waals surface area (Å²) in [5, 5.41) is 0. The molecule has 3 rings (SSSR count). The molecule has 0 bridgehead atoms. The van der Waals surface area contributed by atoms with Crippen LogP contribution in [0.25, 0.3) is 22.3 Å². The molecule has 3 aromatic carbocycles. The molecular formula is C22H24. The highest BCUT2D eigenvalue weighted by Crippen LogP contribution is 2.27. The van der Waals surface area contributed by atoms with Crippen molar-refractivity contribution in [3.63, 3.8) is 0 Å². The molecule has 0 fully saturated rings. The van der Waals surface area contributed by atoms with Crippen molar-refractivity contribution >= 4 is 0 Å². The molecule has 0 spiro atoms. The summed E-state index contributed by atoms with van der Waals surface area (Å²) < 4.78 is 0. The van der Waals surface area contributed by atoms with E-state index < -0.39 is 0 Å². The van der Waals surface area contributed by atoms with Gasteiger partial charge in [-0.15, -0.1) is 0 Å². The average molecular weight is 288 g/mol. The Kier molecular flexibility index (Phi) is 5.55. The molecule has 112 valence electrons. The molecule has 0 aliphatic carbocycles. The highest BCUT2D eigenvalue weighted by Gasteiger charge is 2.01. The standard InChI is InChI=1S/C20H18.C2H6/c1-15-9-11-17(12-10-15)19-7-4-8-20(14-19)18-6-3-5-16(2)13-18;1-2/h3-14H,1-2H3;1-2H3. The maximum absolute atomic E-state index is 2.26. The monoisotopic (exact) mass is 288 g/mol. The van der Waals surface area contributed by atoms with E-state index in [1.54, 1.807) is 0 Å². The van der Waals surface area contributed by atoms with Crippen LogP contribution in [0.4, 0.5) is 0 Å². The van der Waals surface area contributed by atoms with Crippen LogP contribution in [-0.4, -0.2) is 0 Å². The largest absolute Gasteiger partial charge is 0.0683 e. The van der Waals surface area contributed by atoms with Crippen LogP contribution in [0, 0.1) is 13.8 Å². The van der Waals surface area contributed by atoms with Gasteiger partial charge < -0.3 is 0 Å². The zero-order valence-corrected chi connectivity index (χ0v) is 13.9. The SMILES string of the molecule is CC.Cc1ccc(-c2cccc(-c3cccc(C)c3)c2)cc1. The highest BCUT2D eigenvalue weighted by atomic mass is 14.1. The molecule has 0 amide bonds. The van der Waals surface area contributed by atoms with Crippen LogP contribution in [0.15, 0.2) is 72.8 Å². The van der Waals surface area contributed by atoms with E-state index in [9.17, 15) is 0 Å². The fourth-order valence-corrected chi connectivity index (χ4v) is 2.45. The van der Waals surface area contributed by atoms with Crippen LogP contribution in [0.2, 0.25) is 0 Å². The lowest BCUT2D eigenvalue weighted by Crippen LogP contribution is -1.82. The van der Waals surface area contributed by atoms with Crippen molar-refractivity contribution in [2.75, 3.05) is 0 Å². The van der Waals surface area contributed by atoms with Crippen molar-refractivity contribution in [2.24, 2.45) is 0 Å². The molecular weight excluding hydrogens is 264 g/mol. The van der Waals surface area contributed by atoms with Gasteiger partial charge in [-0.1, -0.05) is 91.7 Å². The first-order valence-corrected chi connectivity index (χ1v) is 7.96. The Morgan fingerprint density at radius 1 is 0.455 bits per heavy atom. The summed E-state index contributed by atoms with van der Waals surface area (Å²) in [6, 6.07) is 26.1. The molecule has 0 atom stereocenters. The van der Waals surface area contributed by atoms with Gasteiger partial charge in [0.25, 0.3) is 0 Å². The predicted octanol–water partition coefficient (Wildman–Crippen LogP) is 6.66. The van der Waals surface area contributed by atoms with E-state index in [0.717, 1.165) is 0 Å². The molecule has 3 aromatic rings. The van der Waals surface area contributed by atoms with Crippen molar-refractivity contribution in [3.8, 4) is 22.3 Å². The van der Waals surface area contributed by atoms with Gasteiger partial charge in [0.1, 0.15) is 0 Å². The minimum Gasteiger partial charge on any atom is -0.0683 e. The minimum atomic E-state index is 1.27. The summed E-state index contributed by atoms with van der Waals surface area (Å²) in [7, 11) is 0. The number of aryl methyl sites for hydroxylation is 2. The summed E-state index contributed by atoms with van der Waals surface area (Å²) in [5.41, 5.74) is 7.67. The van der Waals surface area contributed by atoms with E-state index in [2.05, 4.69) is 86.6 Å². The zero-order valence-electron chi connectivity index (χ0n) is 13.9. The maximum Gasteiger partial charge on any atom is -0.0178 e. The zero-order chi connectivity index (χ0) is 15.9. The van der Waals surface area contributed by atoms with E-state index in [1.807, 2.05) is 13.8 Å². The quantitative estimate of drug-likeness (QED) is 0.494. The maximum atomic E-state index is 2.26. The smallest absolute Gasteiger partial charge is 0.0178 e. The Hall–Kier alpha value is -2.34. The molecule has 0 unspecified atom stereocenters. The number of hydrogen-bond donors (Lipinski definition) is 0. The summed E-state index contributed by atoms with van der Waals surface area (Å²) in [5.74, 6) is 0. The Morgan fingerprint density at radius 2 is 0.955 bits per heavy atom. The lowest BCUT2D eigenvalue weighted by molar-refractivity contribution is 1.46. The Bertz CT molecular complexity index is 721. The van der Waals surface area contributed by atoms with Crippen molar-refractivity contribution in [1.82, 2.24) is 0 Å². The molecule has 0 radical (unpaired) electrons. The van der Waals surface area contributed by atoms with Crippen LogP contribution < -0.4 is 0 Å². The predicted molar refractivity (Wildman–Crippen MR) is 98.1 cm³/mol. The van der Waals surface area contributed by atoms with Crippen LogP contribution >= 0.6 is 0 Å². The highest BCUT2D eigenvalue weighted by molar-refractivity contribution is 5.73. The van der Waals surface area contributed by atoms with Crippen LogP contribution in [0.1, 0.15) is 25.0 Å². The molecule has 0 heterocycles. The van der Waals surface area contributed by atoms with Gasteiger partial charge in [0.05, 0.1) is 0 Å². The molecule has 0 aromatic heterocycles. The van der Waals surface area contributed by atoms with Gasteiger partial charge in [0.15, 0.2) is 0 Å². The Balaban J connectivity index is 0.000000847. The fraction of sp³-hybridized carbons (Fsp3) is 0.182. The number of rotatable bonds is 2. The molecule has 0 N–H and O–H groups in total. The average Bonchev–Trinajstić information content (AvgIpc) is 2.57. The molecule has 0 aliphatic heterocycles. The normalized spacial score (nSPS) is 9.82. The van der Waals surface area contributed by atoms with E-state index in [1.165, 1.54) is 33.4 Å². The van der Waals surface area contributed by atoms with E-state index in [4.69, 9.17) is 0 Å². The summed E-state index contributed by atoms with van der Waals surface area (Å²) in [4.78, 5) is 0. The third-order valence-electron chi connectivity index (χ3n) is 3.60. The summed E-state index contributed by atoms with van der Waals surface area (Å²) in [6.45, 7) is 8.25. The molecule has 0 saturated heterocycles. The molecule has 0 heteroatoms. The number of hydrogen-bond acceptors (Lipinski definition) is 0. The lowest BCUT2D eigenvalue weighted by atomic mass is 9.98. The summed E-state index contributed by atoms with van der Waals surface area (Å²) in [6.07, 6.45) is 0. The van der Waals surface area contributed by atoms with Crippen molar-refractivity contribution in [3.05, 3.63) is 83.9 Å². The van der Waals surface area contributed by atoms with E-state index in [0.29, 0.717) is 0 Å². The summed E-state index contributed by atoms with van der Waals surface area (Å²) >= 11 is 0. The van der Waals surface area contributed by atoms with Crippen molar-refractivity contribution in [1.29, 1.82) is 0 Å². The first kappa shape index (κ1) is 16.0. The topological polar surface area (TPSA) is 0 Å². The third kappa shape index (κ3) is 3.85. The fourth-order valence-electron chi connectivity index (χ4n) is 2.45. The lowest BCUT2D eigenvalue weighted by Gasteiger charge is -2.07. The van der Waals surface area contributed by atoms with Gasteiger partial charge in [0, 0.05) is 0 Å². The van der Waals surface area contributed by atoms with Crippen LogP contribution in [0.3, 0.4) is 0 Å². The van der Waals surface area contributed by atoms with Crippen LogP contribution in [0.5, 0.6) is 0 Å². The second kappa shape index (κ2) is 7.61. The van der Waals surface area contributed by atoms with Gasteiger partial charge in [-0.05, 0) is 42.2 Å². The second-order valence-electron chi connectivity index (χ2n) is 5.32. The van der Waals surface area contributed by atoms with Gasteiger partial charge in [-0.3, -0.25) is 0 Å². The molecule has 0 aliphatic rings. The van der Waals surface area contributed by atoms with E-state index in [-0.39, 0.29) is 0 Å². The first-order chi connectivity index (χ1) is 10.7. The molecule has 0 nitrogen and oxygen atoms in total. The van der Waals surface area contributed by atoms with Gasteiger partial charge in [-0.25, -0.2) is 0 Å². The molecule has 22 heavy (non-hydrogen) atoms. The van der Waals surface area contributed by atoms with Crippen molar-refractivity contribution < 1.29 is 0 Å². The number of benzene rings is 3. The first-order valence-electron chi connectivity index (χ1n) is 7.96. The Morgan fingerprint density at radius 3 is 1.55 bits per heavy atom. The second-order valence-corrected chi connectivity index (χ2v) is 5.32.